The highest BCUT2D eigenvalue weighted by molar-refractivity contribution is 5.86. The molecular formula is C11H10N6O2. The highest BCUT2D eigenvalue weighted by atomic mass is 16.3. The SMILES string of the molecule is Cc1c(/C=N/c2ncn[nH]2)c(O)n(C)c(=O)c1C#N. The summed E-state index contributed by atoms with van der Waals surface area (Å²) in [5, 5.41) is 25.0. The summed E-state index contributed by atoms with van der Waals surface area (Å²) < 4.78 is 0.993. The van der Waals surface area contributed by atoms with Crippen molar-refractivity contribution in [3.05, 3.63) is 33.4 Å². The van der Waals surface area contributed by atoms with Gasteiger partial charge in [-0.2, -0.15) is 15.3 Å². The number of aromatic hydroxyl groups is 1. The summed E-state index contributed by atoms with van der Waals surface area (Å²) in [7, 11) is 1.38. The lowest BCUT2D eigenvalue weighted by atomic mass is 10.1. The second-order valence-corrected chi connectivity index (χ2v) is 3.78. The molecule has 0 aliphatic carbocycles. The molecule has 0 unspecified atom stereocenters. The molecule has 8 nitrogen and oxygen atoms in total. The third-order valence-electron chi connectivity index (χ3n) is 2.69. The van der Waals surface area contributed by atoms with Crippen LogP contribution < -0.4 is 5.56 Å². The van der Waals surface area contributed by atoms with E-state index in [1.165, 1.54) is 19.6 Å². The van der Waals surface area contributed by atoms with Crippen LogP contribution >= 0.6 is 0 Å². The fourth-order valence-corrected chi connectivity index (χ4v) is 1.58. The van der Waals surface area contributed by atoms with Gasteiger partial charge in [0, 0.05) is 13.3 Å². The van der Waals surface area contributed by atoms with Gasteiger partial charge in [0.2, 0.25) is 11.8 Å². The molecule has 0 saturated heterocycles. The molecule has 2 aromatic rings. The summed E-state index contributed by atoms with van der Waals surface area (Å²) >= 11 is 0. The topological polar surface area (TPSA) is 120 Å². The molecule has 0 aromatic carbocycles. The number of hydrogen-bond donors (Lipinski definition) is 2. The monoisotopic (exact) mass is 258 g/mol. The van der Waals surface area contributed by atoms with E-state index < -0.39 is 5.56 Å². The van der Waals surface area contributed by atoms with Gasteiger partial charge < -0.3 is 5.11 Å². The van der Waals surface area contributed by atoms with E-state index in [4.69, 9.17) is 5.26 Å². The van der Waals surface area contributed by atoms with Crippen LogP contribution in [-0.4, -0.2) is 31.1 Å². The van der Waals surface area contributed by atoms with Crippen molar-refractivity contribution in [3.8, 4) is 11.9 Å². The minimum absolute atomic E-state index is 0.0284. The number of hydrogen-bond acceptors (Lipinski definition) is 6. The highest BCUT2D eigenvalue weighted by Crippen LogP contribution is 2.19. The summed E-state index contributed by atoms with van der Waals surface area (Å²) in [6.07, 6.45) is 2.62. The zero-order chi connectivity index (χ0) is 14.0. The van der Waals surface area contributed by atoms with Crippen LogP contribution in [0.1, 0.15) is 16.7 Å². The van der Waals surface area contributed by atoms with E-state index in [2.05, 4.69) is 20.2 Å². The van der Waals surface area contributed by atoms with Crippen molar-refractivity contribution in [1.82, 2.24) is 19.7 Å². The quantitative estimate of drug-likeness (QED) is 0.742. The van der Waals surface area contributed by atoms with Crippen LogP contribution in [0, 0.1) is 18.3 Å². The summed E-state index contributed by atoms with van der Waals surface area (Å²) in [6.45, 7) is 1.57. The lowest BCUT2D eigenvalue weighted by Crippen LogP contribution is -2.22. The highest BCUT2D eigenvalue weighted by Gasteiger charge is 2.15. The number of nitriles is 1. The Morgan fingerprint density at radius 2 is 2.37 bits per heavy atom. The van der Waals surface area contributed by atoms with Gasteiger partial charge in [-0.25, -0.2) is 10.1 Å². The van der Waals surface area contributed by atoms with Crippen LogP contribution in [0.5, 0.6) is 5.88 Å². The van der Waals surface area contributed by atoms with Crippen molar-refractivity contribution in [3.63, 3.8) is 0 Å². The Hall–Kier alpha value is -2.95. The summed E-state index contributed by atoms with van der Waals surface area (Å²) in [6, 6.07) is 1.82. The Labute approximate surface area is 107 Å². The van der Waals surface area contributed by atoms with E-state index in [1.54, 1.807) is 6.92 Å². The van der Waals surface area contributed by atoms with Crippen LogP contribution in [0.3, 0.4) is 0 Å². The predicted molar refractivity (Wildman–Crippen MR) is 66.4 cm³/mol. The molecule has 0 amide bonds. The number of aliphatic imine (C=N–C) groups is 1. The number of nitrogens with one attached hydrogen (secondary N) is 1. The normalized spacial score (nSPS) is 10.8. The largest absolute Gasteiger partial charge is 0.494 e. The average molecular weight is 258 g/mol. The van der Waals surface area contributed by atoms with Gasteiger partial charge in [0.15, 0.2) is 0 Å². The fraction of sp³-hybridized carbons (Fsp3) is 0.182. The maximum atomic E-state index is 11.7. The first-order chi connectivity index (χ1) is 9.06. The zero-order valence-electron chi connectivity index (χ0n) is 10.2. The van der Waals surface area contributed by atoms with Crippen LogP contribution in [-0.2, 0) is 7.05 Å². The molecule has 19 heavy (non-hydrogen) atoms. The van der Waals surface area contributed by atoms with E-state index in [-0.39, 0.29) is 23.0 Å². The van der Waals surface area contributed by atoms with Gasteiger partial charge >= 0.3 is 0 Å². The molecule has 0 fully saturated rings. The van der Waals surface area contributed by atoms with Gasteiger partial charge in [0.1, 0.15) is 18.0 Å². The second-order valence-electron chi connectivity index (χ2n) is 3.78. The van der Waals surface area contributed by atoms with E-state index in [0.717, 1.165) is 4.57 Å². The first-order valence-corrected chi connectivity index (χ1v) is 5.28. The molecule has 2 rings (SSSR count). The number of aromatic nitrogens is 4. The third kappa shape index (κ3) is 2.09. The standard InChI is InChI=1S/C11H10N6O2/c1-6-7(3-12)9(18)17(2)10(19)8(6)4-13-11-14-5-15-16-11/h4-5,19H,1-2H3,(H,14,15,16)/b13-4+. The molecule has 0 radical (unpaired) electrons. The average Bonchev–Trinajstić information content (AvgIpc) is 2.90. The van der Waals surface area contributed by atoms with Gasteiger partial charge in [0.25, 0.3) is 5.56 Å². The smallest absolute Gasteiger partial charge is 0.271 e. The zero-order valence-corrected chi connectivity index (χ0v) is 10.2. The summed E-state index contributed by atoms with van der Waals surface area (Å²) in [5.74, 6) is -0.00377. The van der Waals surface area contributed by atoms with Crippen LogP contribution in [0.15, 0.2) is 16.1 Å². The number of H-pyrrole nitrogens is 1. The number of rotatable bonds is 2. The number of nitrogens with zero attached hydrogens (tertiary/aromatic N) is 5. The van der Waals surface area contributed by atoms with Crippen molar-refractivity contribution in [1.29, 1.82) is 5.26 Å². The van der Waals surface area contributed by atoms with Crippen LogP contribution in [0.4, 0.5) is 5.95 Å². The summed E-state index contributed by atoms with van der Waals surface area (Å²) in [5.41, 5.74) is 0.0788. The van der Waals surface area contributed by atoms with Crippen molar-refractivity contribution in [2.45, 2.75) is 6.92 Å². The Balaban J connectivity index is 2.61. The van der Waals surface area contributed by atoms with Gasteiger partial charge in [-0.1, -0.05) is 0 Å². The van der Waals surface area contributed by atoms with E-state index >= 15 is 0 Å². The number of pyridine rings is 1. The minimum atomic E-state index is -0.547. The molecular weight excluding hydrogens is 248 g/mol. The number of aromatic amines is 1. The van der Waals surface area contributed by atoms with Crippen molar-refractivity contribution in [2.75, 3.05) is 0 Å². The molecule has 0 aliphatic rings. The molecule has 2 aromatic heterocycles. The fourth-order valence-electron chi connectivity index (χ4n) is 1.58. The van der Waals surface area contributed by atoms with E-state index in [1.807, 2.05) is 6.07 Å². The Morgan fingerprint density at radius 1 is 1.63 bits per heavy atom. The van der Waals surface area contributed by atoms with Crippen LogP contribution in [0.2, 0.25) is 0 Å². The van der Waals surface area contributed by atoms with Crippen molar-refractivity contribution in [2.24, 2.45) is 12.0 Å². The van der Waals surface area contributed by atoms with Crippen molar-refractivity contribution >= 4 is 12.2 Å². The first-order valence-electron chi connectivity index (χ1n) is 5.28. The molecule has 0 bridgehead atoms. The van der Waals surface area contributed by atoms with Gasteiger partial charge in [-0.05, 0) is 12.5 Å². The molecule has 2 heterocycles. The molecule has 2 N–H and O–H groups in total. The first kappa shape index (κ1) is 12.5. The molecule has 0 saturated carbocycles. The van der Waals surface area contributed by atoms with E-state index in [0.29, 0.717) is 5.56 Å². The summed E-state index contributed by atoms with van der Waals surface area (Å²) in [4.78, 5) is 19.5. The lowest BCUT2D eigenvalue weighted by molar-refractivity contribution is 0.421. The maximum absolute atomic E-state index is 11.7. The maximum Gasteiger partial charge on any atom is 0.271 e. The molecule has 8 heteroatoms. The van der Waals surface area contributed by atoms with Crippen LogP contribution in [0.25, 0.3) is 0 Å². The van der Waals surface area contributed by atoms with Gasteiger partial charge in [-0.3, -0.25) is 9.36 Å². The Kier molecular flexibility index (Phi) is 3.12. The van der Waals surface area contributed by atoms with Gasteiger partial charge in [-0.15, -0.1) is 0 Å². The Bertz CT molecular complexity index is 736. The second kappa shape index (κ2) is 4.73. The lowest BCUT2D eigenvalue weighted by Gasteiger charge is -2.09. The third-order valence-corrected chi connectivity index (χ3v) is 2.69. The molecule has 96 valence electrons. The van der Waals surface area contributed by atoms with E-state index in [9.17, 15) is 9.90 Å². The minimum Gasteiger partial charge on any atom is -0.494 e. The molecule has 0 aliphatic heterocycles. The van der Waals surface area contributed by atoms with Gasteiger partial charge in [0.05, 0.1) is 5.56 Å². The molecule has 0 spiro atoms. The van der Waals surface area contributed by atoms with Crippen molar-refractivity contribution < 1.29 is 5.11 Å². The predicted octanol–water partition coefficient (Wildman–Crippen LogP) is 0.140. The Morgan fingerprint density at radius 3 is 2.95 bits per heavy atom. The molecule has 0 atom stereocenters.